The largest absolute Gasteiger partial charge is 0.382 e. The first kappa shape index (κ1) is 9.08. The molecule has 2 nitrogen and oxygen atoms in total. The number of benzene rings is 1. The van der Waals surface area contributed by atoms with Gasteiger partial charge in [0.05, 0.1) is 12.0 Å². The third-order valence-corrected chi connectivity index (χ3v) is 2.74. The monoisotopic (exact) mass is 186 g/mol. The highest BCUT2D eigenvalue weighted by atomic mass is 14.9. The van der Waals surface area contributed by atoms with Crippen molar-refractivity contribution in [2.24, 2.45) is 5.92 Å². The Labute approximate surface area is 84.6 Å². The van der Waals surface area contributed by atoms with Crippen LogP contribution in [-0.4, -0.2) is 6.04 Å². The molecule has 1 N–H and O–H groups in total. The minimum atomic E-state index is 0.276. The lowest BCUT2D eigenvalue weighted by molar-refractivity contribution is 0.354. The summed E-state index contributed by atoms with van der Waals surface area (Å²) in [6.07, 6.45) is 1.98. The molecule has 1 fully saturated rings. The summed E-state index contributed by atoms with van der Waals surface area (Å²) in [5.41, 5.74) is 2.44. The van der Waals surface area contributed by atoms with E-state index in [2.05, 4.69) is 42.6 Å². The van der Waals surface area contributed by atoms with E-state index in [-0.39, 0.29) is 5.92 Å². The van der Waals surface area contributed by atoms with Crippen LogP contribution < -0.4 is 5.32 Å². The molecule has 0 aromatic heterocycles. The Morgan fingerprint density at radius 2 is 1.93 bits per heavy atom. The summed E-state index contributed by atoms with van der Waals surface area (Å²) in [4.78, 5) is 0. The summed E-state index contributed by atoms with van der Waals surface area (Å²) in [5, 5.41) is 12.0. The summed E-state index contributed by atoms with van der Waals surface area (Å²) in [6, 6.07) is 11.2. The smallest absolute Gasteiger partial charge is 0.0657 e. The van der Waals surface area contributed by atoms with Gasteiger partial charge < -0.3 is 5.32 Å². The number of rotatable bonds is 2. The van der Waals surface area contributed by atoms with Gasteiger partial charge >= 0.3 is 0 Å². The Kier molecular flexibility index (Phi) is 2.41. The first-order chi connectivity index (χ1) is 6.78. The molecular formula is C12H14N2. The highest BCUT2D eigenvalue weighted by Gasteiger charge is 2.28. The molecule has 0 aliphatic heterocycles. The number of hydrogen-bond donors (Lipinski definition) is 1. The molecule has 0 bridgehead atoms. The fraction of sp³-hybridized carbons (Fsp3) is 0.417. The quantitative estimate of drug-likeness (QED) is 0.770. The first-order valence-electron chi connectivity index (χ1n) is 5.01. The molecule has 1 aromatic rings. The molecule has 1 aliphatic carbocycles. The predicted molar refractivity (Wildman–Crippen MR) is 56.9 cm³/mol. The van der Waals surface area contributed by atoms with Crippen LogP contribution >= 0.6 is 0 Å². The molecule has 2 heteroatoms. The van der Waals surface area contributed by atoms with Gasteiger partial charge in [0.15, 0.2) is 0 Å². The Balaban J connectivity index is 1.88. The van der Waals surface area contributed by atoms with E-state index in [9.17, 15) is 0 Å². The zero-order chi connectivity index (χ0) is 9.97. The Hall–Kier alpha value is -1.49. The zero-order valence-corrected chi connectivity index (χ0v) is 8.33. The number of nitrogens with zero attached hydrogens (tertiary/aromatic N) is 1. The van der Waals surface area contributed by atoms with E-state index >= 15 is 0 Å². The third kappa shape index (κ3) is 1.88. The Morgan fingerprint density at radius 3 is 2.50 bits per heavy atom. The van der Waals surface area contributed by atoms with Gasteiger partial charge in [0, 0.05) is 11.7 Å². The van der Waals surface area contributed by atoms with E-state index in [1.54, 1.807) is 0 Å². The summed E-state index contributed by atoms with van der Waals surface area (Å²) >= 11 is 0. The van der Waals surface area contributed by atoms with Gasteiger partial charge in [0.25, 0.3) is 0 Å². The molecule has 72 valence electrons. The SMILES string of the molecule is Cc1ccc(NC2CC(C#N)C2)cc1. The van der Waals surface area contributed by atoms with Gasteiger partial charge in [-0.2, -0.15) is 5.26 Å². The van der Waals surface area contributed by atoms with Crippen molar-refractivity contribution in [2.75, 3.05) is 5.32 Å². The maximum atomic E-state index is 8.63. The molecular weight excluding hydrogens is 172 g/mol. The van der Waals surface area contributed by atoms with Gasteiger partial charge in [0.1, 0.15) is 0 Å². The second-order valence-electron chi connectivity index (χ2n) is 4.00. The Bertz CT molecular complexity index is 342. The molecule has 1 aliphatic rings. The topological polar surface area (TPSA) is 35.8 Å². The number of hydrogen-bond acceptors (Lipinski definition) is 2. The van der Waals surface area contributed by atoms with Crippen molar-refractivity contribution in [3.63, 3.8) is 0 Å². The standard InChI is InChI=1S/C12H14N2/c1-9-2-4-11(5-3-9)14-12-6-10(7-12)8-13/h2-5,10,12,14H,6-7H2,1H3. The van der Waals surface area contributed by atoms with Crippen LogP contribution in [0.2, 0.25) is 0 Å². The van der Waals surface area contributed by atoms with Crippen molar-refractivity contribution < 1.29 is 0 Å². The number of nitrogens with one attached hydrogen (secondary N) is 1. The third-order valence-electron chi connectivity index (χ3n) is 2.74. The summed E-state index contributed by atoms with van der Waals surface area (Å²) in [5.74, 6) is 0.276. The van der Waals surface area contributed by atoms with Crippen LogP contribution in [0.4, 0.5) is 5.69 Å². The lowest BCUT2D eigenvalue weighted by atomic mass is 9.81. The average molecular weight is 186 g/mol. The molecule has 0 unspecified atom stereocenters. The Morgan fingerprint density at radius 1 is 1.29 bits per heavy atom. The predicted octanol–water partition coefficient (Wildman–Crippen LogP) is 2.71. The van der Waals surface area contributed by atoms with E-state index in [4.69, 9.17) is 5.26 Å². The van der Waals surface area contributed by atoms with Crippen molar-refractivity contribution in [3.8, 4) is 6.07 Å². The summed E-state index contributed by atoms with van der Waals surface area (Å²) in [7, 11) is 0. The molecule has 0 amide bonds. The van der Waals surface area contributed by atoms with Crippen molar-refractivity contribution in [2.45, 2.75) is 25.8 Å². The summed E-state index contributed by atoms with van der Waals surface area (Å²) in [6.45, 7) is 2.08. The van der Waals surface area contributed by atoms with Gasteiger partial charge in [-0.1, -0.05) is 17.7 Å². The van der Waals surface area contributed by atoms with Crippen molar-refractivity contribution in [1.29, 1.82) is 5.26 Å². The van der Waals surface area contributed by atoms with Crippen LogP contribution in [0.5, 0.6) is 0 Å². The molecule has 0 heterocycles. The fourth-order valence-corrected chi connectivity index (χ4v) is 1.73. The van der Waals surface area contributed by atoms with Crippen LogP contribution in [0.3, 0.4) is 0 Å². The van der Waals surface area contributed by atoms with Crippen molar-refractivity contribution in [1.82, 2.24) is 0 Å². The molecule has 0 saturated heterocycles. The lowest BCUT2D eigenvalue weighted by Gasteiger charge is -2.32. The number of nitriles is 1. The number of anilines is 1. The van der Waals surface area contributed by atoms with Crippen molar-refractivity contribution >= 4 is 5.69 Å². The fourth-order valence-electron chi connectivity index (χ4n) is 1.73. The second kappa shape index (κ2) is 3.71. The van der Waals surface area contributed by atoms with Gasteiger partial charge in [-0.25, -0.2) is 0 Å². The van der Waals surface area contributed by atoms with E-state index in [0.717, 1.165) is 18.5 Å². The first-order valence-corrected chi connectivity index (χ1v) is 5.01. The van der Waals surface area contributed by atoms with Crippen LogP contribution in [0, 0.1) is 24.2 Å². The van der Waals surface area contributed by atoms with Gasteiger partial charge in [0.2, 0.25) is 0 Å². The highest BCUT2D eigenvalue weighted by Crippen LogP contribution is 2.29. The lowest BCUT2D eigenvalue weighted by Crippen LogP contribution is -2.34. The second-order valence-corrected chi connectivity index (χ2v) is 4.00. The zero-order valence-electron chi connectivity index (χ0n) is 8.33. The average Bonchev–Trinajstić information content (AvgIpc) is 2.13. The van der Waals surface area contributed by atoms with Crippen LogP contribution in [0.15, 0.2) is 24.3 Å². The molecule has 2 rings (SSSR count). The molecule has 0 atom stereocenters. The van der Waals surface area contributed by atoms with Crippen LogP contribution in [0.1, 0.15) is 18.4 Å². The highest BCUT2D eigenvalue weighted by molar-refractivity contribution is 5.45. The summed E-state index contributed by atoms with van der Waals surface area (Å²) < 4.78 is 0. The molecule has 1 saturated carbocycles. The van der Waals surface area contributed by atoms with Gasteiger partial charge in [-0.15, -0.1) is 0 Å². The molecule has 0 radical (unpaired) electrons. The normalized spacial score (nSPS) is 24.9. The van der Waals surface area contributed by atoms with Crippen LogP contribution in [-0.2, 0) is 0 Å². The van der Waals surface area contributed by atoms with Gasteiger partial charge in [-0.05, 0) is 31.9 Å². The van der Waals surface area contributed by atoms with E-state index in [1.807, 2.05) is 0 Å². The minimum Gasteiger partial charge on any atom is -0.382 e. The number of aryl methyl sites for hydroxylation is 1. The maximum absolute atomic E-state index is 8.63. The van der Waals surface area contributed by atoms with E-state index in [1.165, 1.54) is 5.56 Å². The van der Waals surface area contributed by atoms with Crippen LogP contribution in [0.25, 0.3) is 0 Å². The van der Waals surface area contributed by atoms with E-state index in [0.29, 0.717) is 6.04 Å². The van der Waals surface area contributed by atoms with Crippen molar-refractivity contribution in [3.05, 3.63) is 29.8 Å². The molecule has 0 spiro atoms. The van der Waals surface area contributed by atoms with E-state index < -0.39 is 0 Å². The minimum absolute atomic E-state index is 0.276. The van der Waals surface area contributed by atoms with Gasteiger partial charge in [-0.3, -0.25) is 0 Å². The molecule has 1 aromatic carbocycles. The molecule has 14 heavy (non-hydrogen) atoms. The maximum Gasteiger partial charge on any atom is 0.0657 e.